The van der Waals surface area contributed by atoms with Crippen molar-refractivity contribution in [2.75, 3.05) is 7.11 Å². The molecule has 1 N–H and O–H groups in total. The first-order valence-electron chi connectivity index (χ1n) is 2.94. The molecule has 1 aromatic rings. The molecular formula is C7H6N2O2. The van der Waals surface area contributed by atoms with E-state index in [1.807, 2.05) is 6.07 Å². The van der Waals surface area contributed by atoms with Gasteiger partial charge >= 0.3 is 5.97 Å². The Bertz CT molecular complexity index is 308. The SMILES string of the molecule is COC(=O)c1c[nH]c(C#N)c1. The Morgan fingerprint density at radius 3 is 3.00 bits per heavy atom. The molecule has 0 aromatic carbocycles. The molecule has 0 bridgehead atoms. The lowest BCUT2D eigenvalue weighted by Crippen LogP contribution is -1.98. The number of rotatable bonds is 1. The normalized spacial score (nSPS) is 8.73. The number of methoxy groups -OCH3 is 1. The average Bonchev–Trinajstić information content (AvgIpc) is 2.50. The van der Waals surface area contributed by atoms with Gasteiger partial charge in [0.25, 0.3) is 0 Å². The standard InChI is InChI=1S/C7H6N2O2/c1-11-7(10)5-2-6(3-8)9-4-5/h2,4,9H,1H3. The van der Waals surface area contributed by atoms with Crippen molar-refractivity contribution in [2.45, 2.75) is 0 Å². The van der Waals surface area contributed by atoms with Crippen molar-refractivity contribution in [3.05, 3.63) is 23.5 Å². The zero-order valence-corrected chi connectivity index (χ0v) is 5.92. The van der Waals surface area contributed by atoms with Crippen LogP contribution in [0.5, 0.6) is 0 Å². The molecule has 0 saturated carbocycles. The van der Waals surface area contributed by atoms with E-state index in [0.29, 0.717) is 11.3 Å². The van der Waals surface area contributed by atoms with Gasteiger partial charge in [-0.15, -0.1) is 0 Å². The van der Waals surface area contributed by atoms with Gasteiger partial charge in [0, 0.05) is 6.20 Å². The molecule has 11 heavy (non-hydrogen) atoms. The molecule has 1 rings (SSSR count). The van der Waals surface area contributed by atoms with E-state index >= 15 is 0 Å². The summed E-state index contributed by atoms with van der Waals surface area (Å²) in [7, 11) is 1.29. The zero-order chi connectivity index (χ0) is 8.27. The predicted octanol–water partition coefficient (Wildman–Crippen LogP) is 0.673. The van der Waals surface area contributed by atoms with Crippen molar-refractivity contribution in [3.63, 3.8) is 0 Å². The fraction of sp³-hybridized carbons (Fsp3) is 0.143. The van der Waals surface area contributed by atoms with E-state index in [0.717, 1.165) is 0 Å². The lowest BCUT2D eigenvalue weighted by Gasteiger charge is -1.90. The first-order valence-corrected chi connectivity index (χ1v) is 2.94. The summed E-state index contributed by atoms with van der Waals surface area (Å²) in [6.07, 6.45) is 1.43. The van der Waals surface area contributed by atoms with E-state index in [1.165, 1.54) is 19.4 Å². The third kappa shape index (κ3) is 1.38. The number of esters is 1. The van der Waals surface area contributed by atoms with E-state index in [9.17, 15) is 4.79 Å². The summed E-state index contributed by atoms with van der Waals surface area (Å²) in [4.78, 5) is 13.4. The van der Waals surface area contributed by atoms with Gasteiger partial charge in [0.05, 0.1) is 12.7 Å². The van der Waals surface area contributed by atoms with Crippen molar-refractivity contribution in [1.82, 2.24) is 4.98 Å². The van der Waals surface area contributed by atoms with Gasteiger partial charge in [-0.1, -0.05) is 0 Å². The fourth-order valence-electron chi connectivity index (χ4n) is 0.695. The fourth-order valence-corrected chi connectivity index (χ4v) is 0.695. The van der Waals surface area contributed by atoms with Gasteiger partial charge in [-0.3, -0.25) is 0 Å². The van der Waals surface area contributed by atoms with Crippen molar-refractivity contribution in [1.29, 1.82) is 5.26 Å². The lowest BCUT2D eigenvalue weighted by atomic mass is 10.3. The molecule has 0 radical (unpaired) electrons. The molecule has 0 atom stereocenters. The van der Waals surface area contributed by atoms with Crippen LogP contribution in [-0.2, 0) is 4.74 Å². The minimum absolute atomic E-state index is 0.352. The first-order chi connectivity index (χ1) is 5.27. The van der Waals surface area contributed by atoms with Crippen molar-refractivity contribution < 1.29 is 9.53 Å². The summed E-state index contributed by atoms with van der Waals surface area (Å²) in [5, 5.41) is 8.37. The van der Waals surface area contributed by atoms with Gasteiger partial charge in [-0.2, -0.15) is 5.26 Å². The van der Waals surface area contributed by atoms with E-state index in [-0.39, 0.29) is 0 Å². The number of carbonyl (C=O) groups is 1. The molecule has 0 aliphatic carbocycles. The number of nitrogens with one attached hydrogen (secondary N) is 1. The number of carbonyl (C=O) groups excluding carboxylic acids is 1. The third-order valence-corrected chi connectivity index (χ3v) is 1.22. The molecule has 0 spiro atoms. The Hall–Kier alpha value is -1.76. The van der Waals surface area contributed by atoms with Gasteiger partial charge in [0.1, 0.15) is 11.8 Å². The van der Waals surface area contributed by atoms with Crippen LogP contribution in [0.4, 0.5) is 0 Å². The van der Waals surface area contributed by atoms with Crippen LogP contribution in [0.25, 0.3) is 0 Å². The van der Waals surface area contributed by atoms with Gasteiger partial charge < -0.3 is 9.72 Å². The molecule has 56 valence electrons. The highest BCUT2D eigenvalue weighted by molar-refractivity contribution is 5.89. The predicted molar refractivity (Wildman–Crippen MR) is 36.8 cm³/mol. The number of H-pyrrole nitrogens is 1. The molecule has 0 aliphatic rings. The molecule has 0 aliphatic heterocycles. The van der Waals surface area contributed by atoms with Crippen LogP contribution in [0.2, 0.25) is 0 Å². The van der Waals surface area contributed by atoms with E-state index in [2.05, 4.69) is 9.72 Å². The van der Waals surface area contributed by atoms with Crippen LogP contribution in [0, 0.1) is 11.3 Å². The second-order valence-corrected chi connectivity index (χ2v) is 1.91. The number of nitriles is 1. The van der Waals surface area contributed by atoms with Gasteiger partial charge in [-0.05, 0) is 6.07 Å². The van der Waals surface area contributed by atoms with Crippen LogP contribution < -0.4 is 0 Å². The summed E-state index contributed by atoms with van der Waals surface area (Å²) >= 11 is 0. The smallest absolute Gasteiger partial charge is 0.339 e. The third-order valence-electron chi connectivity index (χ3n) is 1.22. The Balaban J connectivity index is 2.91. The number of aromatic amines is 1. The zero-order valence-electron chi connectivity index (χ0n) is 5.92. The average molecular weight is 150 g/mol. The summed E-state index contributed by atoms with van der Waals surface area (Å²) in [6, 6.07) is 3.30. The van der Waals surface area contributed by atoms with Crippen LogP contribution >= 0.6 is 0 Å². The molecule has 4 nitrogen and oxygen atoms in total. The topological polar surface area (TPSA) is 65.9 Å². The summed E-state index contributed by atoms with van der Waals surface area (Å²) < 4.78 is 4.43. The summed E-state index contributed by atoms with van der Waals surface area (Å²) in [5.41, 5.74) is 0.717. The quantitative estimate of drug-likeness (QED) is 0.598. The Kier molecular flexibility index (Phi) is 1.93. The molecule has 0 unspecified atom stereocenters. The first kappa shape index (κ1) is 7.35. The highest BCUT2D eigenvalue weighted by atomic mass is 16.5. The molecule has 1 aromatic heterocycles. The maximum absolute atomic E-state index is 10.8. The number of nitrogens with zero attached hydrogens (tertiary/aromatic N) is 1. The molecule has 0 amide bonds. The Morgan fingerprint density at radius 1 is 1.82 bits per heavy atom. The highest BCUT2D eigenvalue weighted by Crippen LogP contribution is 2.02. The number of ether oxygens (including phenoxy) is 1. The minimum atomic E-state index is -0.442. The molecule has 0 saturated heterocycles. The van der Waals surface area contributed by atoms with Crippen molar-refractivity contribution >= 4 is 5.97 Å². The monoisotopic (exact) mass is 150 g/mol. The van der Waals surface area contributed by atoms with Crippen molar-refractivity contribution in [2.24, 2.45) is 0 Å². The van der Waals surface area contributed by atoms with E-state index in [1.54, 1.807) is 0 Å². The van der Waals surface area contributed by atoms with Crippen LogP contribution in [0.15, 0.2) is 12.3 Å². The van der Waals surface area contributed by atoms with Crippen LogP contribution in [0.3, 0.4) is 0 Å². The largest absolute Gasteiger partial charge is 0.465 e. The van der Waals surface area contributed by atoms with Crippen LogP contribution in [-0.4, -0.2) is 18.1 Å². The highest BCUT2D eigenvalue weighted by Gasteiger charge is 2.06. The summed E-state index contributed by atoms with van der Waals surface area (Å²) in [5.74, 6) is -0.442. The minimum Gasteiger partial charge on any atom is -0.465 e. The Morgan fingerprint density at radius 2 is 2.55 bits per heavy atom. The number of aromatic nitrogens is 1. The van der Waals surface area contributed by atoms with Crippen LogP contribution in [0.1, 0.15) is 16.1 Å². The lowest BCUT2D eigenvalue weighted by molar-refractivity contribution is 0.0601. The van der Waals surface area contributed by atoms with Gasteiger partial charge in [0.15, 0.2) is 0 Å². The number of hydrogen-bond donors (Lipinski definition) is 1. The van der Waals surface area contributed by atoms with E-state index in [4.69, 9.17) is 5.26 Å². The molecule has 0 fully saturated rings. The number of hydrogen-bond acceptors (Lipinski definition) is 3. The van der Waals surface area contributed by atoms with Gasteiger partial charge in [0.2, 0.25) is 0 Å². The second-order valence-electron chi connectivity index (χ2n) is 1.91. The maximum Gasteiger partial charge on any atom is 0.339 e. The molecule has 1 heterocycles. The van der Waals surface area contributed by atoms with E-state index < -0.39 is 5.97 Å². The van der Waals surface area contributed by atoms with Gasteiger partial charge in [-0.25, -0.2) is 4.79 Å². The second kappa shape index (κ2) is 2.88. The maximum atomic E-state index is 10.8. The Labute approximate surface area is 63.4 Å². The molecular weight excluding hydrogens is 144 g/mol. The molecule has 4 heteroatoms. The van der Waals surface area contributed by atoms with Crippen molar-refractivity contribution in [3.8, 4) is 6.07 Å². The summed E-state index contributed by atoms with van der Waals surface area (Å²) in [6.45, 7) is 0.